The number of aliphatic imine (C=N–C) groups is 1. The molecule has 3 N–H and O–H groups in total. The Morgan fingerprint density at radius 2 is 1.97 bits per heavy atom. The van der Waals surface area contributed by atoms with E-state index in [4.69, 9.17) is 0 Å². The number of hydrogen-bond acceptors (Lipinski definition) is 2. The Morgan fingerprint density at radius 3 is 2.62 bits per heavy atom. The molecule has 1 aliphatic carbocycles. The van der Waals surface area contributed by atoms with Crippen molar-refractivity contribution in [1.29, 1.82) is 0 Å². The van der Waals surface area contributed by atoms with Gasteiger partial charge in [0.25, 0.3) is 0 Å². The minimum Gasteiger partial charge on any atom is -0.361 e. The number of halogens is 1. The maximum Gasteiger partial charge on any atom is 0.230 e. The van der Waals surface area contributed by atoms with Crippen LogP contribution in [0.2, 0.25) is 0 Å². The quantitative estimate of drug-likeness (QED) is 0.316. The molecular formula is C22H34IN5O. The molecule has 1 aromatic heterocycles. The number of amides is 1. The van der Waals surface area contributed by atoms with Crippen LogP contribution >= 0.6 is 24.0 Å². The van der Waals surface area contributed by atoms with E-state index in [0.29, 0.717) is 6.54 Å². The molecule has 7 heteroatoms. The van der Waals surface area contributed by atoms with Crippen LogP contribution in [-0.4, -0.2) is 56.0 Å². The molecule has 0 saturated heterocycles. The summed E-state index contributed by atoms with van der Waals surface area (Å²) in [5.41, 5.74) is 3.45. The second-order valence-corrected chi connectivity index (χ2v) is 8.15. The van der Waals surface area contributed by atoms with Crippen molar-refractivity contribution in [1.82, 2.24) is 20.5 Å². The molecule has 160 valence electrons. The normalized spacial score (nSPS) is 15.8. The average Bonchev–Trinajstić information content (AvgIpc) is 3.31. The number of aromatic amines is 1. The van der Waals surface area contributed by atoms with Gasteiger partial charge in [0.1, 0.15) is 0 Å². The monoisotopic (exact) mass is 511 g/mol. The van der Waals surface area contributed by atoms with E-state index in [-0.39, 0.29) is 35.3 Å². The Morgan fingerprint density at radius 1 is 1.24 bits per heavy atom. The van der Waals surface area contributed by atoms with Crippen molar-refractivity contribution in [2.45, 2.75) is 39.0 Å². The Kier molecular flexibility index (Phi) is 8.36. The summed E-state index contributed by atoms with van der Waals surface area (Å²) in [7, 11) is 5.47. The zero-order valence-electron chi connectivity index (χ0n) is 18.0. The molecule has 0 unspecified atom stereocenters. The zero-order chi connectivity index (χ0) is 20.1. The molecule has 3 rings (SSSR count). The van der Waals surface area contributed by atoms with E-state index in [9.17, 15) is 4.79 Å². The fourth-order valence-corrected chi connectivity index (χ4v) is 4.29. The number of aromatic nitrogens is 1. The molecule has 2 aromatic rings. The number of nitrogens with one attached hydrogen (secondary N) is 3. The highest BCUT2D eigenvalue weighted by atomic mass is 127. The lowest BCUT2D eigenvalue weighted by atomic mass is 9.84. The van der Waals surface area contributed by atoms with E-state index in [1.807, 2.05) is 14.1 Å². The predicted molar refractivity (Wildman–Crippen MR) is 131 cm³/mol. The van der Waals surface area contributed by atoms with Gasteiger partial charge in [-0.3, -0.25) is 9.79 Å². The number of carbonyl (C=O) groups is 1. The summed E-state index contributed by atoms with van der Waals surface area (Å²) in [6, 6.07) is 6.51. The van der Waals surface area contributed by atoms with Gasteiger partial charge in [-0.15, -0.1) is 24.0 Å². The highest BCUT2D eigenvalue weighted by Gasteiger charge is 2.42. The Balaban J connectivity index is 0.00000300. The van der Waals surface area contributed by atoms with Crippen LogP contribution in [0.4, 0.5) is 0 Å². The third-order valence-electron chi connectivity index (χ3n) is 5.85. The predicted octanol–water partition coefficient (Wildman–Crippen LogP) is 3.45. The van der Waals surface area contributed by atoms with Crippen LogP contribution < -0.4 is 10.6 Å². The van der Waals surface area contributed by atoms with E-state index < -0.39 is 0 Å². The fraction of sp³-hybridized carbons (Fsp3) is 0.545. The number of benzene rings is 1. The summed E-state index contributed by atoms with van der Waals surface area (Å²) in [6.45, 7) is 3.53. The first-order valence-electron chi connectivity index (χ1n) is 10.2. The first-order chi connectivity index (χ1) is 13.4. The van der Waals surface area contributed by atoms with Gasteiger partial charge in [0.2, 0.25) is 5.91 Å². The Bertz CT molecular complexity index is 852. The molecule has 0 atom stereocenters. The lowest BCUT2D eigenvalue weighted by molar-refractivity contribution is -0.138. The summed E-state index contributed by atoms with van der Waals surface area (Å²) >= 11 is 0. The van der Waals surface area contributed by atoms with Crippen LogP contribution in [-0.2, 0) is 11.2 Å². The Hall–Kier alpha value is -1.77. The van der Waals surface area contributed by atoms with Crippen molar-refractivity contribution in [3.8, 4) is 0 Å². The molecule has 1 heterocycles. The molecule has 1 amide bonds. The molecule has 0 bridgehead atoms. The summed E-state index contributed by atoms with van der Waals surface area (Å²) in [5.74, 6) is 0.982. The summed E-state index contributed by atoms with van der Waals surface area (Å²) in [5, 5.41) is 8.06. The smallest absolute Gasteiger partial charge is 0.230 e. The van der Waals surface area contributed by atoms with Crippen LogP contribution in [0.3, 0.4) is 0 Å². The van der Waals surface area contributed by atoms with Gasteiger partial charge in [0.15, 0.2) is 5.96 Å². The number of carbonyl (C=O) groups excluding carboxylic acids is 1. The molecule has 0 radical (unpaired) electrons. The van der Waals surface area contributed by atoms with E-state index in [0.717, 1.165) is 44.6 Å². The lowest BCUT2D eigenvalue weighted by Gasteiger charge is -2.31. The van der Waals surface area contributed by atoms with Crippen molar-refractivity contribution < 1.29 is 4.79 Å². The number of rotatable bonds is 6. The van der Waals surface area contributed by atoms with Gasteiger partial charge in [0, 0.05) is 51.3 Å². The molecule has 29 heavy (non-hydrogen) atoms. The van der Waals surface area contributed by atoms with Crippen molar-refractivity contribution in [2.24, 2.45) is 10.4 Å². The topological polar surface area (TPSA) is 72.5 Å². The second-order valence-electron chi connectivity index (χ2n) is 8.15. The number of H-pyrrole nitrogens is 1. The van der Waals surface area contributed by atoms with Crippen LogP contribution in [0.15, 0.2) is 29.4 Å². The van der Waals surface area contributed by atoms with Gasteiger partial charge >= 0.3 is 0 Å². The average molecular weight is 511 g/mol. The molecule has 6 nitrogen and oxygen atoms in total. The minimum absolute atomic E-state index is 0. The highest BCUT2D eigenvalue weighted by molar-refractivity contribution is 14.0. The summed E-state index contributed by atoms with van der Waals surface area (Å²) in [6.07, 6.45) is 7.13. The maximum atomic E-state index is 12.7. The number of nitrogens with zero attached hydrogens (tertiary/aromatic N) is 2. The largest absolute Gasteiger partial charge is 0.361 e. The molecule has 1 fully saturated rings. The first kappa shape index (κ1) is 23.5. The van der Waals surface area contributed by atoms with Gasteiger partial charge in [-0.25, -0.2) is 0 Å². The maximum absolute atomic E-state index is 12.7. The van der Waals surface area contributed by atoms with E-state index in [1.54, 1.807) is 11.9 Å². The fourth-order valence-electron chi connectivity index (χ4n) is 4.29. The molecule has 1 aromatic carbocycles. The molecule has 1 aliphatic rings. The molecular weight excluding hydrogens is 477 g/mol. The minimum atomic E-state index is -0.296. The molecule has 0 spiro atoms. The van der Waals surface area contributed by atoms with Crippen LogP contribution in [0.25, 0.3) is 10.9 Å². The van der Waals surface area contributed by atoms with Gasteiger partial charge < -0.3 is 20.5 Å². The van der Waals surface area contributed by atoms with Crippen LogP contribution in [0.5, 0.6) is 0 Å². The number of guanidine groups is 1. The zero-order valence-corrected chi connectivity index (χ0v) is 20.3. The van der Waals surface area contributed by atoms with Crippen molar-refractivity contribution in [3.63, 3.8) is 0 Å². The third kappa shape index (κ3) is 5.43. The van der Waals surface area contributed by atoms with Gasteiger partial charge in [0.05, 0.1) is 5.41 Å². The Labute approximate surface area is 190 Å². The highest BCUT2D eigenvalue weighted by Crippen LogP contribution is 2.38. The molecule has 1 saturated carbocycles. The van der Waals surface area contributed by atoms with Crippen molar-refractivity contribution >= 4 is 46.7 Å². The van der Waals surface area contributed by atoms with Crippen LogP contribution in [0, 0.1) is 12.3 Å². The number of aryl methyl sites for hydroxylation is 1. The van der Waals surface area contributed by atoms with E-state index >= 15 is 0 Å². The third-order valence-corrected chi connectivity index (χ3v) is 5.85. The van der Waals surface area contributed by atoms with Gasteiger partial charge in [-0.05, 0) is 43.4 Å². The van der Waals surface area contributed by atoms with Crippen molar-refractivity contribution in [2.75, 3.05) is 34.2 Å². The summed E-state index contributed by atoms with van der Waals surface area (Å²) in [4.78, 5) is 22.1. The van der Waals surface area contributed by atoms with Gasteiger partial charge in [-0.2, -0.15) is 0 Å². The first-order valence-corrected chi connectivity index (χ1v) is 10.2. The SMILES string of the molecule is CN=C(NCCc1c[nH]c2cc(C)ccc12)NCC1(C(=O)N(C)C)CCCC1.I. The van der Waals surface area contributed by atoms with Crippen LogP contribution in [0.1, 0.15) is 36.8 Å². The molecule has 0 aliphatic heterocycles. The second kappa shape index (κ2) is 10.3. The number of fused-ring (bicyclic) bond motifs is 1. The van der Waals surface area contributed by atoms with E-state index in [2.05, 4.69) is 51.9 Å². The summed E-state index contributed by atoms with van der Waals surface area (Å²) < 4.78 is 0. The number of hydrogen-bond donors (Lipinski definition) is 3. The van der Waals surface area contributed by atoms with Crippen molar-refractivity contribution in [3.05, 3.63) is 35.5 Å². The van der Waals surface area contributed by atoms with E-state index in [1.165, 1.54) is 22.0 Å². The lowest BCUT2D eigenvalue weighted by Crippen LogP contribution is -2.49. The van der Waals surface area contributed by atoms with Gasteiger partial charge in [-0.1, -0.05) is 25.0 Å². The standard InChI is InChI=1S/C22H33N5O.HI/c1-16-7-8-18-17(14-25-19(18)13-16)9-12-24-21(23-2)26-15-22(10-5-6-11-22)20(28)27(3)4;/h7-8,13-14,25H,5-6,9-12,15H2,1-4H3,(H2,23,24,26);1H.